The molecule has 1 saturated heterocycles. The van der Waals surface area contributed by atoms with E-state index in [2.05, 4.69) is 53.5 Å². The monoisotopic (exact) mass is 497 g/mol. The number of hydrogen-bond donors (Lipinski definition) is 1. The molecule has 3 rings (SSSR count). The Balaban J connectivity index is 0.00000280. The van der Waals surface area contributed by atoms with Crippen LogP contribution in [-0.4, -0.2) is 50.8 Å². The Morgan fingerprint density at radius 3 is 2.50 bits per heavy atom. The third-order valence-corrected chi connectivity index (χ3v) is 6.03. The fraction of sp³-hybridized carbons (Fsp3) is 0.609. The number of piperidine rings is 1. The molecule has 0 spiro atoms. The second-order valence-electron chi connectivity index (χ2n) is 7.97. The highest BCUT2D eigenvalue weighted by Gasteiger charge is 2.36. The number of guanidine groups is 1. The maximum Gasteiger partial charge on any atom is 0.193 e. The molecule has 1 saturated carbocycles. The average Bonchev–Trinajstić information content (AvgIpc) is 2.67. The highest BCUT2D eigenvalue weighted by Crippen LogP contribution is 2.44. The molecule has 1 aromatic rings. The van der Waals surface area contributed by atoms with Crippen molar-refractivity contribution >= 4 is 36.0 Å². The lowest BCUT2D eigenvalue weighted by atomic mass is 9.67. The standard InChI is InChI=1S/C23H35N3O.HI/c1-3-24-22(25-19-23(12-7-13-23)14-17-27-2)26-15-10-21(11-16-26)18-20-8-5-4-6-9-20;/h4-6,8-9,18H,3,7,10-17,19H2,1-2H3,(H,24,25);1H. The molecule has 0 amide bonds. The number of nitrogens with zero attached hydrogens (tertiary/aromatic N) is 2. The van der Waals surface area contributed by atoms with Gasteiger partial charge in [0.05, 0.1) is 0 Å². The van der Waals surface area contributed by atoms with E-state index in [1.807, 2.05) is 0 Å². The van der Waals surface area contributed by atoms with E-state index in [9.17, 15) is 0 Å². The Bertz CT molecular complexity index is 631. The molecule has 0 radical (unpaired) electrons. The van der Waals surface area contributed by atoms with Gasteiger partial charge in [-0.2, -0.15) is 0 Å². The Morgan fingerprint density at radius 1 is 1.21 bits per heavy atom. The van der Waals surface area contributed by atoms with Crippen LogP contribution >= 0.6 is 24.0 Å². The van der Waals surface area contributed by atoms with Gasteiger partial charge in [0, 0.05) is 39.9 Å². The fourth-order valence-corrected chi connectivity index (χ4v) is 4.09. The largest absolute Gasteiger partial charge is 0.385 e. The lowest BCUT2D eigenvalue weighted by Crippen LogP contribution is -2.45. The molecule has 156 valence electrons. The summed E-state index contributed by atoms with van der Waals surface area (Å²) in [5.41, 5.74) is 3.24. The third kappa shape index (κ3) is 6.48. The maximum absolute atomic E-state index is 5.32. The average molecular weight is 497 g/mol. The van der Waals surface area contributed by atoms with Crippen LogP contribution in [0.15, 0.2) is 40.9 Å². The summed E-state index contributed by atoms with van der Waals surface area (Å²) in [6.07, 6.45) is 9.66. The van der Waals surface area contributed by atoms with Gasteiger partial charge in [-0.3, -0.25) is 4.99 Å². The van der Waals surface area contributed by atoms with Gasteiger partial charge in [-0.15, -0.1) is 24.0 Å². The van der Waals surface area contributed by atoms with Gasteiger partial charge in [0.2, 0.25) is 0 Å². The van der Waals surface area contributed by atoms with Crippen molar-refractivity contribution in [1.29, 1.82) is 0 Å². The first-order valence-electron chi connectivity index (χ1n) is 10.5. The van der Waals surface area contributed by atoms with Gasteiger partial charge in [-0.05, 0) is 50.0 Å². The molecule has 1 N–H and O–H groups in total. The molecule has 0 aromatic heterocycles. The number of nitrogens with one attached hydrogen (secondary N) is 1. The summed E-state index contributed by atoms with van der Waals surface area (Å²) in [5, 5.41) is 3.52. The number of likely N-dealkylation sites (tertiary alicyclic amines) is 1. The van der Waals surface area contributed by atoms with Crippen LogP contribution in [0.3, 0.4) is 0 Å². The summed E-state index contributed by atoms with van der Waals surface area (Å²) in [7, 11) is 1.80. The maximum atomic E-state index is 5.32. The van der Waals surface area contributed by atoms with E-state index in [1.54, 1.807) is 12.7 Å². The summed E-state index contributed by atoms with van der Waals surface area (Å²) >= 11 is 0. The predicted molar refractivity (Wildman–Crippen MR) is 129 cm³/mol. The second-order valence-corrected chi connectivity index (χ2v) is 7.97. The molecule has 1 aromatic carbocycles. The van der Waals surface area contributed by atoms with Gasteiger partial charge in [0.25, 0.3) is 0 Å². The van der Waals surface area contributed by atoms with Gasteiger partial charge in [0.15, 0.2) is 5.96 Å². The van der Waals surface area contributed by atoms with E-state index >= 15 is 0 Å². The van der Waals surface area contributed by atoms with Crippen LogP contribution in [0.5, 0.6) is 0 Å². The number of ether oxygens (including phenoxy) is 1. The predicted octanol–water partition coefficient (Wildman–Crippen LogP) is 4.96. The summed E-state index contributed by atoms with van der Waals surface area (Å²) in [5.74, 6) is 1.10. The molecule has 0 bridgehead atoms. The van der Waals surface area contributed by atoms with Crippen molar-refractivity contribution in [3.8, 4) is 0 Å². The Kier molecular flexibility index (Phi) is 9.79. The van der Waals surface area contributed by atoms with Crippen LogP contribution in [0.25, 0.3) is 6.08 Å². The molecule has 0 atom stereocenters. The number of rotatable bonds is 7. The first kappa shape index (κ1) is 23.2. The lowest BCUT2D eigenvalue weighted by molar-refractivity contribution is 0.0776. The highest BCUT2D eigenvalue weighted by atomic mass is 127. The smallest absolute Gasteiger partial charge is 0.193 e. The van der Waals surface area contributed by atoms with Crippen molar-refractivity contribution in [2.24, 2.45) is 10.4 Å². The van der Waals surface area contributed by atoms with Crippen LogP contribution in [0.2, 0.25) is 0 Å². The molecular formula is C23H36IN3O. The molecule has 2 aliphatic rings. The summed E-state index contributed by atoms with van der Waals surface area (Å²) in [4.78, 5) is 7.49. The van der Waals surface area contributed by atoms with Crippen molar-refractivity contribution in [2.75, 3.05) is 39.9 Å². The van der Waals surface area contributed by atoms with Crippen LogP contribution < -0.4 is 5.32 Å². The summed E-state index contributed by atoms with van der Waals surface area (Å²) in [6.45, 7) is 6.97. The van der Waals surface area contributed by atoms with Crippen LogP contribution in [0, 0.1) is 5.41 Å². The minimum absolute atomic E-state index is 0. The van der Waals surface area contributed by atoms with Crippen molar-refractivity contribution in [1.82, 2.24) is 10.2 Å². The zero-order valence-electron chi connectivity index (χ0n) is 17.5. The van der Waals surface area contributed by atoms with Gasteiger partial charge in [0.1, 0.15) is 0 Å². The van der Waals surface area contributed by atoms with Crippen LogP contribution in [-0.2, 0) is 4.74 Å². The molecule has 1 aliphatic carbocycles. The highest BCUT2D eigenvalue weighted by molar-refractivity contribution is 14.0. The molecule has 2 fully saturated rings. The zero-order chi connectivity index (χ0) is 19.0. The number of aliphatic imine (C=N–C) groups is 1. The second kappa shape index (κ2) is 11.8. The van der Waals surface area contributed by atoms with Gasteiger partial charge >= 0.3 is 0 Å². The summed E-state index contributed by atoms with van der Waals surface area (Å²) in [6, 6.07) is 10.7. The molecular weight excluding hydrogens is 461 g/mol. The summed E-state index contributed by atoms with van der Waals surface area (Å²) < 4.78 is 5.32. The Labute approximate surface area is 187 Å². The van der Waals surface area contributed by atoms with Crippen molar-refractivity contribution in [2.45, 2.75) is 45.4 Å². The number of methoxy groups -OCH3 is 1. The SMILES string of the molecule is CCNC(=NCC1(CCOC)CCC1)N1CCC(=Cc2ccccc2)CC1.I. The number of benzene rings is 1. The Morgan fingerprint density at radius 2 is 1.93 bits per heavy atom. The molecule has 1 heterocycles. The molecule has 0 unspecified atom stereocenters. The molecule has 1 aliphatic heterocycles. The minimum Gasteiger partial charge on any atom is -0.385 e. The van der Waals surface area contributed by atoms with E-state index < -0.39 is 0 Å². The quantitative estimate of drug-likeness (QED) is 0.329. The van der Waals surface area contributed by atoms with E-state index in [4.69, 9.17) is 9.73 Å². The van der Waals surface area contributed by atoms with E-state index in [1.165, 1.54) is 24.8 Å². The molecule has 28 heavy (non-hydrogen) atoms. The topological polar surface area (TPSA) is 36.9 Å². The van der Waals surface area contributed by atoms with E-state index in [0.717, 1.165) is 58.0 Å². The van der Waals surface area contributed by atoms with Crippen LogP contribution in [0.1, 0.15) is 51.0 Å². The third-order valence-electron chi connectivity index (χ3n) is 6.03. The van der Waals surface area contributed by atoms with Crippen molar-refractivity contribution in [3.05, 3.63) is 41.5 Å². The van der Waals surface area contributed by atoms with Crippen molar-refractivity contribution in [3.63, 3.8) is 0 Å². The van der Waals surface area contributed by atoms with E-state index in [0.29, 0.717) is 5.41 Å². The number of hydrogen-bond acceptors (Lipinski definition) is 2. The van der Waals surface area contributed by atoms with Gasteiger partial charge in [-0.25, -0.2) is 0 Å². The lowest BCUT2D eigenvalue weighted by Gasteiger charge is -2.41. The first-order valence-corrected chi connectivity index (χ1v) is 10.5. The van der Waals surface area contributed by atoms with Gasteiger partial charge < -0.3 is 15.0 Å². The van der Waals surface area contributed by atoms with Crippen molar-refractivity contribution < 1.29 is 4.74 Å². The fourth-order valence-electron chi connectivity index (χ4n) is 4.09. The van der Waals surface area contributed by atoms with E-state index in [-0.39, 0.29) is 24.0 Å². The normalized spacial score (nSPS) is 18.9. The molecule has 4 nitrogen and oxygen atoms in total. The minimum atomic E-state index is 0. The van der Waals surface area contributed by atoms with Crippen LogP contribution in [0.4, 0.5) is 0 Å². The van der Waals surface area contributed by atoms with Gasteiger partial charge in [-0.1, -0.05) is 48.4 Å². The zero-order valence-corrected chi connectivity index (χ0v) is 19.8. The Hall–Kier alpha value is -1.08. The molecule has 5 heteroatoms. The number of halogens is 1. The first-order chi connectivity index (χ1) is 13.2.